The van der Waals surface area contributed by atoms with Gasteiger partial charge in [-0.1, -0.05) is 11.6 Å². The van der Waals surface area contributed by atoms with Crippen molar-refractivity contribution in [3.05, 3.63) is 29.9 Å². The van der Waals surface area contributed by atoms with Gasteiger partial charge in [0.1, 0.15) is 0 Å². The third-order valence-electron chi connectivity index (χ3n) is 5.57. The Morgan fingerprint density at radius 3 is 2.77 bits per heavy atom. The third kappa shape index (κ3) is 4.15. The summed E-state index contributed by atoms with van der Waals surface area (Å²) in [6, 6.07) is -0.552. The second-order valence-electron chi connectivity index (χ2n) is 7.95. The van der Waals surface area contributed by atoms with Crippen LogP contribution in [0, 0.1) is 5.41 Å². The Balaban J connectivity index is 1.53. The molecule has 2 amide bonds. The van der Waals surface area contributed by atoms with E-state index in [0.29, 0.717) is 32.5 Å². The third-order valence-corrected chi connectivity index (χ3v) is 5.57. The Morgan fingerprint density at radius 2 is 2.15 bits per heavy atom. The van der Waals surface area contributed by atoms with Gasteiger partial charge >= 0.3 is 0 Å². The second-order valence-corrected chi connectivity index (χ2v) is 7.95. The minimum absolute atomic E-state index is 0.0137. The zero-order valence-corrected chi connectivity index (χ0v) is 15.7. The van der Waals surface area contributed by atoms with Crippen molar-refractivity contribution in [1.29, 1.82) is 0 Å². The highest BCUT2D eigenvalue weighted by Crippen LogP contribution is 2.41. The fourth-order valence-corrected chi connectivity index (χ4v) is 3.93. The number of rotatable bonds is 5. The van der Waals surface area contributed by atoms with Crippen molar-refractivity contribution in [1.82, 2.24) is 19.8 Å². The van der Waals surface area contributed by atoms with Crippen LogP contribution in [0.4, 0.5) is 0 Å². The number of aromatic nitrogens is 2. The van der Waals surface area contributed by atoms with Crippen LogP contribution in [0.2, 0.25) is 0 Å². The molecule has 3 rings (SSSR count). The minimum atomic E-state index is -0.552. The first-order chi connectivity index (χ1) is 12.4. The number of nitrogens with two attached hydrogens (primary N) is 1. The monoisotopic (exact) mass is 359 g/mol. The largest absolute Gasteiger partial charge is 0.348 e. The van der Waals surface area contributed by atoms with E-state index in [9.17, 15) is 9.59 Å². The smallest absolute Gasteiger partial charge is 0.239 e. The molecule has 3 heterocycles. The van der Waals surface area contributed by atoms with Crippen molar-refractivity contribution in [3.8, 4) is 0 Å². The van der Waals surface area contributed by atoms with Crippen LogP contribution in [0.15, 0.2) is 24.2 Å². The van der Waals surface area contributed by atoms with Gasteiger partial charge in [0.15, 0.2) is 0 Å². The zero-order chi connectivity index (χ0) is 18.7. The highest BCUT2D eigenvalue weighted by atomic mass is 16.2. The lowest BCUT2D eigenvalue weighted by molar-refractivity contribution is -0.134. The van der Waals surface area contributed by atoms with Crippen LogP contribution in [-0.4, -0.2) is 63.8 Å². The van der Waals surface area contributed by atoms with Crippen LogP contribution in [0.25, 0.3) is 0 Å². The molecule has 0 aromatic carbocycles. The average molecular weight is 359 g/mol. The number of nitrogens with zero attached hydrogens (tertiary/aromatic N) is 3. The molecule has 1 spiro atoms. The van der Waals surface area contributed by atoms with E-state index in [1.165, 1.54) is 5.57 Å². The number of allylic oxidation sites excluding steroid dienone is 1. The number of hydrogen-bond acceptors (Lipinski definition) is 4. The molecule has 2 aliphatic heterocycles. The summed E-state index contributed by atoms with van der Waals surface area (Å²) in [7, 11) is 0. The van der Waals surface area contributed by atoms with E-state index >= 15 is 0 Å². The Kier molecular flexibility index (Phi) is 5.46. The summed E-state index contributed by atoms with van der Waals surface area (Å²) < 4.78 is 0. The Hall–Kier alpha value is -2.15. The van der Waals surface area contributed by atoms with E-state index < -0.39 is 6.04 Å². The Morgan fingerprint density at radius 1 is 1.42 bits per heavy atom. The van der Waals surface area contributed by atoms with Gasteiger partial charge in [0, 0.05) is 56.3 Å². The van der Waals surface area contributed by atoms with Gasteiger partial charge in [-0.25, -0.2) is 4.98 Å². The maximum absolute atomic E-state index is 12.6. The number of amides is 2. The second kappa shape index (κ2) is 7.61. The lowest BCUT2D eigenvalue weighted by atomic mass is 9.77. The standard InChI is InChI=1S/C19H29N5O2/c1-14(2)3-6-24-12-19(10-17(24)25)4-7-23(8-5-19)18(26)16(20)9-15-11-21-13-22-15/h3,11,13,16H,4-10,12,20H2,1-2H3,(H,21,22). The molecule has 1 aromatic heterocycles. The van der Waals surface area contributed by atoms with Crippen molar-refractivity contribution in [3.63, 3.8) is 0 Å². The molecular formula is C19H29N5O2. The lowest BCUT2D eigenvalue weighted by Gasteiger charge is -2.39. The first kappa shape index (κ1) is 18.6. The number of carbonyl (C=O) groups is 2. The van der Waals surface area contributed by atoms with Crippen LogP contribution in [0.3, 0.4) is 0 Å². The summed E-state index contributed by atoms with van der Waals surface area (Å²) >= 11 is 0. The van der Waals surface area contributed by atoms with Gasteiger partial charge < -0.3 is 20.5 Å². The number of carbonyl (C=O) groups excluding carboxylic acids is 2. The SMILES string of the molecule is CC(C)=CCN1CC2(CCN(C(=O)C(N)Cc3cnc[nH]3)CC2)CC1=O. The maximum atomic E-state index is 12.6. The molecule has 7 nitrogen and oxygen atoms in total. The topological polar surface area (TPSA) is 95.3 Å². The fourth-order valence-electron chi connectivity index (χ4n) is 3.93. The summed E-state index contributed by atoms with van der Waals surface area (Å²) in [6.45, 7) is 6.96. The number of nitrogens with one attached hydrogen (secondary N) is 1. The summed E-state index contributed by atoms with van der Waals surface area (Å²) in [6.07, 6.45) is 8.20. The molecule has 1 aromatic rings. The molecule has 2 saturated heterocycles. The normalized spacial score (nSPS) is 20.5. The van der Waals surface area contributed by atoms with Crippen LogP contribution in [0.1, 0.15) is 38.8 Å². The summed E-state index contributed by atoms with van der Waals surface area (Å²) in [5, 5.41) is 0. The van der Waals surface area contributed by atoms with Gasteiger partial charge in [-0.3, -0.25) is 9.59 Å². The first-order valence-corrected chi connectivity index (χ1v) is 9.31. The molecule has 0 bridgehead atoms. The van der Waals surface area contributed by atoms with Gasteiger partial charge in [0.25, 0.3) is 0 Å². The quantitative estimate of drug-likeness (QED) is 0.769. The fraction of sp³-hybridized carbons (Fsp3) is 0.632. The van der Waals surface area contributed by atoms with E-state index in [4.69, 9.17) is 5.73 Å². The van der Waals surface area contributed by atoms with E-state index in [1.54, 1.807) is 12.5 Å². The molecule has 1 unspecified atom stereocenters. The van der Waals surface area contributed by atoms with Crippen molar-refractivity contribution in [2.45, 2.75) is 45.6 Å². The van der Waals surface area contributed by atoms with Gasteiger partial charge in [-0.2, -0.15) is 0 Å². The lowest BCUT2D eigenvalue weighted by Crippen LogP contribution is -2.50. The summed E-state index contributed by atoms with van der Waals surface area (Å²) in [5.74, 6) is 0.221. The summed E-state index contributed by atoms with van der Waals surface area (Å²) in [4.78, 5) is 35.7. The molecule has 3 N–H and O–H groups in total. The van der Waals surface area contributed by atoms with Gasteiger partial charge in [0.05, 0.1) is 12.4 Å². The van der Waals surface area contributed by atoms with E-state index in [-0.39, 0.29) is 17.2 Å². The molecule has 142 valence electrons. The number of piperidine rings is 1. The van der Waals surface area contributed by atoms with Gasteiger partial charge in [0.2, 0.25) is 11.8 Å². The zero-order valence-electron chi connectivity index (χ0n) is 15.7. The first-order valence-electron chi connectivity index (χ1n) is 9.31. The van der Waals surface area contributed by atoms with Crippen molar-refractivity contribution >= 4 is 11.8 Å². The average Bonchev–Trinajstić information content (AvgIpc) is 3.21. The predicted molar refractivity (Wildman–Crippen MR) is 99.1 cm³/mol. The number of likely N-dealkylation sites (tertiary alicyclic amines) is 2. The molecule has 0 saturated carbocycles. The van der Waals surface area contributed by atoms with E-state index in [0.717, 1.165) is 25.1 Å². The Labute approximate surface area is 154 Å². The summed E-state index contributed by atoms with van der Waals surface area (Å²) in [5.41, 5.74) is 8.21. The molecule has 26 heavy (non-hydrogen) atoms. The maximum Gasteiger partial charge on any atom is 0.239 e. The highest BCUT2D eigenvalue weighted by molar-refractivity contribution is 5.82. The van der Waals surface area contributed by atoms with Crippen LogP contribution in [-0.2, 0) is 16.0 Å². The van der Waals surface area contributed by atoms with Crippen LogP contribution in [0.5, 0.6) is 0 Å². The van der Waals surface area contributed by atoms with E-state index in [1.807, 2.05) is 23.6 Å². The minimum Gasteiger partial charge on any atom is -0.348 e. The van der Waals surface area contributed by atoms with E-state index in [2.05, 4.69) is 16.0 Å². The molecular weight excluding hydrogens is 330 g/mol. The van der Waals surface area contributed by atoms with Gasteiger partial charge in [-0.05, 0) is 26.7 Å². The number of H-pyrrole nitrogens is 1. The van der Waals surface area contributed by atoms with Crippen molar-refractivity contribution < 1.29 is 9.59 Å². The highest BCUT2D eigenvalue weighted by Gasteiger charge is 2.45. The molecule has 7 heteroatoms. The number of imidazole rings is 1. The van der Waals surface area contributed by atoms with Crippen molar-refractivity contribution in [2.75, 3.05) is 26.2 Å². The van der Waals surface area contributed by atoms with Crippen molar-refractivity contribution in [2.24, 2.45) is 11.1 Å². The van der Waals surface area contributed by atoms with Crippen LogP contribution >= 0.6 is 0 Å². The number of hydrogen-bond donors (Lipinski definition) is 2. The van der Waals surface area contributed by atoms with Gasteiger partial charge in [-0.15, -0.1) is 0 Å². The Bertz CT molecular complexity index is 670. The molecule has 2 fully saturated rings. The molecule has 0 radical (unpaired) electrons. The molecule has 0 aliphatic carbocycles. The number of aromatic amines is 1. The molecule has 1 atom stereocenters. The predicted octanol–water partition coefficient (Wildman–Crippen LogP) is 1.09. The molecule has 2 aliphatic rings. The van der Waals surface area contributed by atoms with Crippen LogP contribution < -0.4 is 5.73 Å².